The number of nitrogens with zero attached hydrogens (tertiary/aromatic N) is 3. The monoisotopic (exact) mass is 381 g/mol. The quantitative estimate of drug-likeness (QED) is 0.840. The highest BCUT2D eigenvalue weighted by Gasteiger charge is 2.51. The summed E-state index contributed by atoms with van der Waals surface area (Å²) in [5.74, 6) is 1.53. The Bertz CT molecular complexity index is 979. The second-order valence-corrected chi connectivity index (χ2v) is 8.77. The van der Waals surface area contributed by atoms with Crippen LogP contribution in [0.2, 0.25) is 0 Å². The van der Waals surface area contributed by atoms with Crippen molar-refractivity contribution >= 4 is 22.8 Å². The number of fused-ring (bicyclic) bond motifs is 1. The van der Waals surface area contributed by atoms with Crippen molar-refractivity contribution in [1.29, 1.82) is 0 Å². The number of imide groups is 1. The molecule has 4 aliphatic carbocycles. The Labute approximate surface area is 161 Å². The molecule has 1 aromatic heterocycles. The predicted molar refractivity (Wildman–Crippen MR) is 101 cm³/mol. The van der Waals surface area contributed by atoms with E-state index >= 15 is 0 Å². The lowest BCUT2D eigenvalue weighted by atomic mass is 9.53. The van der Waals surface area contributed by atoms with Gasteiger partial charge in [-0.3, -0.25) is 14.9 Å². The standard InChI is InChI=1S/C20H23N5O3/c26-17(11-25-18(27)15-3-1-2-4-16(15)23-24-25)21-19(28)22-20-8-12-5-13(9-20)7-14(6-12)10-20/h1-4,12-14H,5-11H2,(H2,21,22,26,28). The van der Waals surface area contributed by atoms with E-state index in [0.717, 1.165) is 23.9 Å². The van der Waals surface area contributed by atoms with Gasteiger partial charge in [-0.2, -0.15) is 0 Å². The number of hydrogen-bond acceptors (Lipinski definition) is 5. The van der Waals surface area contributed by atoms with Crippen LogP contribution in [-0.4, -0.2) is 32.5 Å². The normalized spacial score (nSPS) is 30.4. The first-order chi connectivity index (χ1) is 13.5. The van der Waals surface area contributed by atoms with Crippen molar-refractivity contribution in [1.82, 2.24) is 25.6 Å². The minimum absolute atomic E-state index is 0.168. The first-order valence-electron chi connectivity index (χ1n) is 9.94. The number of hydrogen-bond donors (Lipinski definition) is 2. The number of carbonyl (C=O) groups is 2. The number of nitrogens with one attached hydrogen (secondary N) is 2. The van der Waals surface area contributed by atoms with E-state index in [1.807, 2.05) is 0 Å². The molecule has 3 amide bonds. The van der Waals surface area contributed by atoms with Crippen molar-refractivity contribution < 1.29 is 9.59 Å². The molecule has 0 atom stereocenters. The molecule has 2 aromatic rings. The van der Waals surface area contributed by atoms with Crippen LogP contribution in [0.3, 0.4) is 0 Å². The van der Waals surface area contributed by atoms with E-state index in [4.69, 9.17) is 0 Å². The van der Waals surface area contributed by atoms with Crippen molar-refractivity contribution in [3.63, 3.8) is 0 Å². The molecule has 2 N–H and O–H groups in total. The summed E-state index contributed by atoms with van der Waals surface area (Å²) in [4.78, 5) is 37.2. The van der Waals surface area contributed by atoms with Crippen molar-refractivity contribution in [3.05, 3.63) is 34.6 Å². The van der Waals surface area contributed by atoms with Gasteiger partial charge >= 0.3 is 6.03 Å². The molecule has 4 fully saturated rings. The molecule has 28 heavy (non-hydrogen) atoms. The van der Waals surface area contributed by atoms with Crippen molar-refractivity contribution in [2.75, 3.05) is 0 Å². The summed E-state index contributed by atoms with van der Waals surface area (Å²) in [5, 5.41) is 13.6. The predicted octanol–water partition coefficient (Wildman–Crippen LogP) is 1.59. The summed E-state index contributed by atoms with van der Waals surface area (Å²) in [6.45, 7) is -0.342. The smallest absolute Gasteiger partial charge is 0.321 e. The minimum Gasteiger partial charge on any atom is -0.332 e. The third-order valence-corrected chi connectivity index (χ3v) is 6.59. The van der Waals surface area contributed by atoms with E-state index in [1.165, 1.54) is 19.3 Å². The highest BCUT2D eigenvalue weighted by Crippen LogP contribution is 2.55. The topological polar surface area (TPSA) is 106 Å². The zero-order valence-electron chi connectivity index (χ0n) is 15.6. The molecular weight excluding hydrogens is 358 g/mol. The number of urea groups is 1. The van der Waals surface area contributed by atoms with Crippen LogP contribution < -0.4 is 16.2 Å². The molecule has 4 bridgehead atoms. The first-order valence-corrected chi connectivity index (χ1v) is 9.94. The summed E-state index contributed by atoms with van der Waals surface area (Å²) in [6, 6.07) is 6.35. The van der Waals surface area contributed by atoms with Gasteiger partial charge in [0.2, 0.25) is 5.91 Å². The van der Waals surface area contributed by atoms with Gasteiger partial charge in [-0.05, 0) is 68.4 Å². The molecule has 6 rings (SSSR count). The number of amides is 3. The van der Waals surface area contributed by atoms with Crippen LogP contribution in [-0.2, 0) is 11.3 Å². The molecule has 0 spiro atoms. The Morgan fingerprint density at radius 1 is 1.07 bits per heavy atom. The molecule has 0 radical (unpaired) electrons. The Kier molecular flexibility index (Phi) is 3.96. The lowest BCUT2D eigenvalue weighted by Gasteiger charge is -2.56. The minimum atomic E-state index is -0.575. The van der Waals surface area contributed by atoms with Gasteiger partial charge < -0.3 is 5.32 Å². The Morgan fingerprint density at radius 3 is 2.39 bits per heavy atom. The van der Waals surface area contributed by atoms with Gasteiger partial charge in [0.25, 0.3) is 5.56 Å². The van der Waals surface area contributed by atoms with Crippen LogP contribution >= 0.6 is 0 Å². The van der Waals surface area contributed by atoms with Crippen molar-refractivity contribution in [2.45, 2.75) is 50.6 Å². The van der Waals surface area contributed by atoms with E-state index in [-0.39, 0.29) is 12.1 Å². The fraction of sp³-hybridized carbons (Fsp3) is 0.550. The summed E-state index contributed by atoms with van der Waals surface area (Å²) < 4.78 is 0.982. The van der Waals surface area contributed by atoms with Gasteiger partial charge in [-0.25, -0.2) is 9.48 Å². The van der Waals surface area contributed by atoms with Crippen LogP contribution in [0.15, 0.2) is 29.1 Å². The van der Waals surface area contributed by atoms with Gasteiger partial charge in [-0.15, -0.1) is 5.10 Å². The fourth-order valence-electron chi connectivity index (χ4n) is 5.96. The molecule has 1 heterocycles. The summed E-state index contributed by atoms with van der Waals surface area (Å²) in [6.07, 6.45) is 6.88. The van der Waals surface area contributed by atoms with E-state index in [2.05, 4.69) is 20.9 Å². The maximum atomic E-state index is 12.5. The average molecular weight is 381 g/mol. The summed E-state index contributed by atoms with van der Waals surface area (Å²) in [5.41, 5.74) is -0.0930. The summed E-state index contributed by atoms with van der Waals surface area (Å²) in [7, 11) is 0. The fourth-order valence-corrected chi connectivity index (χ4v) is 5.96. The largest absolute Gasteiger partial charge is 0.332 e. The van der Waals surface area contributed by atoms with Crippen LogP contribution in [0.4, 0.5) is 4.79 Å². The molecule has 8 heteroatoms. The maximum Gasteiger partial charge on any atom is 0.321 e. The molecule has 4 aliphatic rings. The SMILES string of the molecule is O=C(Cn1nnc2ccccc2c1=O)NC(=O)NC12CC3CC(CC(C3)C1)C2. The van der Waals surface area contributed by atoms with Crippen molar-refractivity contribution in [2.24, 2.45) is 17.8 Å². The molecule has 0 unspecified atom stereocenters. The van der Waals surface area contributed by atoms with Crippen LogP contribution in [0.25, 0.3) is 10.9 Å². The number of benzene rings is 1. The van der Waals surface area contributed by atoms with Gasteiger partial charge in [0.05, 0.1) is 5.39 Å². The highest BCUT2D eigenvalue weighted by molar-refractivity contribution is 5.94. The second-order valence-electron chi connectivity index (χ2n) is 8.77. The molecule has 8 nitrogen and oxygen atoms in total. The third kappa shape index (κ3) is 3.06. The summed E-state index contributed by atoms with van der Waals surface area (Å²) >= 11 is 0. The number of aromatic nitrogens is 3. The van der Waals surface area contributed by atoms with Crippen molar-refractivity contribution in [3.8, 4) is 0 Å². The molecule has 0 saturated heterocycles. The zero-order valence-corrected chi connectivity index (χ0v) is 15.6. The van der Waals surface area contributed by atoms with E-state index in [1.54, 1.807) is 24.3 Å². The van der Waals surface area contributed by atoms with E-state index in [0.29, 0.717) is 28.7 Å². The van der Waals surface area contributed by atoms with E-state index < -0.39 is 17.5 Å². The van der Waals surface area contributed by atoms with Gasteiger partial charge in [-0.1, -0.05) is 17.3 Å². The molecule has 146 valence electrons. The maximum absolute atomic E-state index is 12.5. The van der Waals surface area contributed by atoms with E-state index in [9.17, 15) is 14.4 Å². The number of carbonyl (C=O) groups excluding carboxylic acids is 2. The third-order valence-electron chi connectivity index (χ3n) is 6.59. The van der Waals surface area contributed by atoms with Crippen LogP contribution in [0.1, 0.15) is 38.5 Å². The molecule has 0 aliphatic heterocycles. The lowest BCUT2D eigenvalue weighted by Crippen LogP contribution is -2.62. The zero-order chi connectivity index (χ0) is 19.3. The Balaban J connectivity index is 1.24. The lowest BCUT2D eigenvalue weighted by molar-refractivity contribution is -0.120. The second kappa shape index (κ2) is 6.39. The highest BCUT2D eigenvalue weighted by atomic mass is 16.2. The van der Waals surface area contributed by atoms with Crippen LogP contribution in [0.5, 0.6) is 0 Å². The van der Waals surface area contributed by atoms with Gasteiger partial charge in [0.1, 0.15) is 12.1 Å². The molecular formula is C20H23N5O3. The average Bonchev–Trinajstić information content (AvgIpc) is 2.62. The van der Waals surface area contributed by atoms with Crippen LogP contribution in [0, 0.1) is 17.8 Å². The van der Waals surface area contributed by atoms with Gasteiger partial charge in [0.15, 0.2) is 0 Å². The molecule has 4 saturated carbocycles. The van der Waals surface area contributed by atoms with Gasteiger partial charge in [0, 0.05) is 5.54 Å². The Hall–Kier alpha value is -2.77. The first kappa shape index (κ1) is 17.3. The Morgan fingerprint density at radius 2 is 1.71 bits per heavy atom. The molecule has 1 aromatic carbocycles. The number of rotatable bonds is 3.